The molecule has 1 saturated heterocycles. The number of esters is 1. The van der Waals surface area contributed by atoms with Gasteiger partial charge in [-0.1, -0.05) is 37.0 Å². The molecular weight excluding hydrogens is 367 g/mol. The van der Waals surface area contributed by atoms with Crippen molar-refractivity contribution in [2.24, 2.45) is 17.3 Å². The summed E-state index contributed by atoms with van der Waals surface area (Å²) in [6.07, 6.45) is -7.53. The third kappa shape index (κ3) is 3.54. The molecule has 0 aromatic heterocycles. The number of halogens is 2. The van der Waals surface area contributed by atoms with Crippen LogP contribution >= 0.6 is 23.2 Å². The van der Waals surface area contributed by atoms with Gasteiger partial charge in [0.15, 0.2) is 6.10 Å². The Labute approximate surface area is 147 Å². The van der Waals surface area contributed by atoms with Crippen LogP contribution in [-0.4, -0.2) is 63.1 Å². The summed E-state index contributed by atoms with van der Waals surface area (Å²) >= 11 is 11.2. The molecule has 1 aliphatic heterocycles. The van der Waals surface area contributed by atoms with E-state index in [9.17, 15) is 24.9 Å². The van der Waals surface area contributed by atoms with Crippen LogP contribution in [0.3, 0.4) is 0 Å². The molecule has 0 bridgehead atoms. The van der Waals surface area contributed by atoms with E-state index in [-0.39, 0.29) is 10.4 Å². The molecule has 2 fully saturated rings. The van der Waals surface area contributed by atoms with Gasteiger partial charge in [0.1, 0.15) is 22.8 Å². The van der Waals surface area contributed by atoms with Crippen molar-refractivity contribution in [1.82, 2.24) is 0 Å². The van der Waals surface area contributed by atoms with Crippen LogP contribution in [0.25, 0.3) is 0 Å². The van der Waals surface area contributed by atoms with E-state index in [1.165, 1.54) is 6.08 Å². The minimum atomic E-state index is -1.85. The molecule has 24 heavy (non-hydrogen) atoms. The van der Waals surface area contributed by atoms with Crippen molar-refractivity contribution in [2.75, 3.05) is 0 Å². The number of ether oxygens (including phenoxy) is 2. The summed E-state index contributed by atoms with van der Waals surface area (Å²) in [5, 5.41) is 38.1. The van der Waals surface area contributed by atoms with Crippen molar-refractivity contribution in [3.05, 3.63) is 10.6 Å². The standard InChI is InChI=1S/C14H18Cl2O8/c1-14(2)4(3-5(15)16)6(14)12(22)24-13-9(19)7(17)8(18)10(23-13)11(20)21/h3-4,6-10,13,17-19H,1-2H3,(H,20,21)/t4-,6-,7-,8-,9+,10-,13?/m0/s1. The number of rotatable bonds is 4. The molecule has 0 amide bonds. The van der Waals surface area contributed by atoms with Crippen LogP contribution in [0, 0.1) is 17.3 Å². The molecule has 8 nitrogen and oxygen atoms in total. The van der Waals surface area contributed by atoms with Gasteiger partial charge in [0.05, 0.1) is 5.92 Å². The van der Waals surface area contributed by atoms with Crippen molar-refractivity contribution in [2.45, 2.75) is 44.6 Å². The Bertz CT molecular complexity index is 559. The van der Waals surface area contributed by atoms with E-state index < -0.39 is 54.0 Å². The number of carbonyl (C=O) groups excluding carboxylic acids is 1. The van der Waals surface area contributed by atoms with E-state index in [0.29, 0.717) is 0 Å². The summed E-state index contributed by atoms with van der Waals surface area (Å²) in [5.74, 6) is -3.22. The van der Waals surface area contributed by atoms with Gasteiger partial charge in [-0.25, -0.2) is 4.79 Å². The fourth-order valence-electron chi connectivity index (χ4n) is 2.91. The lowest BCUT2D eigenvalue weighted by atomic mass is 9.99. The van der Waals surface area contributed by atoms with Crippen molar-refractivity contribution in [3.8, 4) is 0 Å². The number of aliphatic hydroxyl groups excluding tert-OH is 3. The highest BCUT2D eigenvalue weighted by atomic mass is 35.5. The lowest BCUT2D eigenvalue weighted by Gasteiger charge is -2.38. The highest BCUT2D eigenvalue weighted by Crippen LogP contribution is 2.60. The average molecular weight is 385 g/mol. The van der Waals surface area contributed by atoms with Crippen LogP contribution in [0.2, 0.25) is 0 Å². The zero-order valence-electron chi connectivity index (χ0n) is 12.8. The lowest BCUT2D eigenvalue weighted by Crippen LogP contribution is -2.60. The third-order valence-electron chi connectivity index (χ3n) is 4.52. The maximum atomic E-state index is 12.3. The molecule has 2 rings (SSSR count). The predicted octanol–water partition coefficient (Wildman–Crippen LogP) is 0.0130. The number of aliphatic carboxylic acids is 1. The average Bonchev–Trinajstić information content (AvgIpc) is 2.99. The van der Waals surface area contributed by atoms with E-state index in [0.717, 1.165) is 0 Å². The van der Waals surface area contributed by atoms with Crippen LogP contribution < -0.4 is 0 Å². The number of carbonyl (C=O) groups is 2. The van der Waals surface area contributed by atoms with Crippen LogP contribution in [0.1, 0.15) is 13.8 Å². The summed E-state index contributed by atoms with van der Waals surface area (Å²) in [4.78, 5) is 23.3. The first kappa shape index (κ1) is 19.4. The molecule has 0 aromatic carbocycles. The molecule has 136 valence electrons. The van der Waals surface area contributed by atoms with Crippen molar-refractivity contribution < 1.29 is 39.5 Å². The van der Waals surface area contributed by atoms with E-state index >= 15 is 0 Å². The maximum absolute atomic E-state index is 12.3. The van der Waals surface area contributed by atoms with E-state index in [1.54, 1.807) is 13.8 Å². The second kappa shape index (κ2) is 6.78. The Morgan fingerprint density at radius 3 is 2.21 bits per heavy atom. The van der Waals surface area contributed by atoms with Gasteiger partial charge in [0.25, 0.3) is 0 Å². The third-order valence-corrected chi connectivity index (χ3v) is 4.77. The Morgan fingerprint density at radius 1 is 1.12 bits per heavy atom. The predicted molar refractivity (Wildman–Crippen MR) is 81.0 cm³/mol. The Morgan fingerprint density at radius 2 is 1.71 bits per heavy atom. The second-order valence-corrected chi connectivity index (χ2v) is 7.46. The molecule has 1 saturated carbocycles. The van der Waals surface area contributed by atoms with Crippen molar-refractivity contribution in [1.29, 1.82) is 0 Å². The van der Waals surface area contributed by atoms with Gasteiger partial charge in [-0.15, -0.1) is 0 Å². The number of aliphatic hydroxyl groups is 3. The van der Waals surface area contributed by atoms with Gasteiger partial charge in [-0.05, 0) is 17.4 Å². The molecule has 2 aliphatic rings. The molecule has 10 heteroatoms. The van der Waals surface area contributed by atoms with E-state index in [2.05, 4.69) is 0 Å². The van der Waals surface area contributed by atoms with Gasteiger partial charge < -0.3 is 29.9 Å². The molecule has 1 aliphatic carbocycles. The van der Waals surface area contributed by atoms with Gasteiger partial charge in [0, 0.05) is 0 Å². The highest BCUT2D eigenvalue weighted by molar-refractivity contribution is 6.55. The first-order valence-corrected chi connectivity index (χ1v) is 7.89. The Hall–Kier alpha value is -0.900. The van der Waals surface area contributed by atoms with Crippen LogP contribution in [0.15, 0.2) is 10.6 Å². The smallest absolute Gasteiger partial charge is 0.335 e. The number of carboxylic acids is 1. The van der Waals surface area contributed by atoms with Crippen molar-refractivity contribution >= 4 is 35.1 Å². The zero-order valence-corrected chi connectivity index (χ0v) is 14.3. The molecule has 1 unspecified atom stereocenters. The Kier molecular flexibility index (Phi) is 5.49. The summed E-state index contributed by atoms with van der Waals surface area (Å²) in [6, 6.07) is 0. The summed E-state index contributed by atoms with van der Waals surface area (Å²) in [7, 11) is 0. The largest absolute Gasteiger partial charge is 0.479 e. The van der Waals surface area contributed by atoms with Gasteiger partial charge >= 0.3 is 11.9 Å². The van der Waals surface area contributed by atoms with Crippen molar-refractivity contribution in [3.63, 3.8) is 0 Å². The minimum absolute atomic E-state index is 0.00168. The summed E-state index contributed by atoms with van der Waals surface area (Å²) < 4.78 is 9.92. The second-order valence-electron chi connectivity index (χ2n) is 6.45. The fourth-order valence-corrected chi connectivity index (χ4v) is 3.18. The van der Waals surface area contributed by atoms with Crippen LogP contribution in [-0.2, 0) is 19.1 Å². The van der Waals surface area contributed by atoms with Crippen LogP contribution in [0.4, 0.5) is 0 Å². The van der Waals surface area contributed by atoms with Gasteiger partial charge in [0.2, 0.25) is 6.29 Å². The number of allylic oxidation sites excluding steroid dienone is 1. The monoisotopic (exact) mass is 384 g/mol. The molecule has 4 N–H and O–H groups in total. The quantitative estimate of drug-likeness (QED) is 0.498. The highest BCUT2D eigenvalue weighted by Gasteiger charge is 2.62. The molecule has 0 aromatic rings. The summed E-state index contributed by atoms with van der Waals surface area (Å²) in [6.45, 7) is 3.57. The Balaban J connectivity index is 2.08. The molecule has 0 radical (unpaired) electrons. The first-order chi connectivity index (χ1) is 11.0. The fraction of sp³-hybridized carbons (Fsp3) is 0.714. The lowest BCUT2D eigenvalue weighted by molar-refractivity contribution is -0.287. The first-order valence-electron chi connectivity index (χ1n) is 7.14. The van der Waals surface area contributed by atoms with E-state index in [4.69, 9.17) is 37.8 Å². The zero-order chi connectivity index (χ0) is 18.4. The molecule has 7 atom stereocenters. The normalized spacial score (nSPS) is 40.5. The SMILES string of the molecule is CC1(C)[C@H](C(=O)OC2O[C@H](C(=O)O)[C@@H](O)[C@H](O)[C@H]2O)[C@@H]1C=C(Cl)Cl. The number of hydrogen-bond acceptors (Lipinski definition) is 7. The van der Waals surface area contributed by atoms with Gasteiger partial charge in [-0.2, -0.15) is 0 Å². The maximum Gasteiger partial charge on any atom is 0.335 e. The number of hydrogen-bond donors (Lipinski definition) is 4. The van der Waals surface area contributed by atoms with Crippen LogP contribution in [0.5, 0.6) is 0 Å². The molecule has 1 heterocycles. The van der Waals surface area contributed by atoms with E-state index in [1.807, 2.05) is 0 Å². The topological polar surface area (TPSA) is 134 Å². The van der Waals surface area contributed by atoms with Gasteiger partial charge in [-0.3, -0.25) is 4.79 Å². The number of carboxylic acid groups (broad SMARTS) is 1. The molecule has 0 spiro atoms. The minimum Gasteiger partial charge on any atom is -0.479 e. The summed E-state index contributed by atoms with van der Waals surface area (Å²) in [5.41, 5.74) is -0.490. The molecular formula is C14H18Cl2O8.